The number of aromatic nitrogens is 1. The van der Waals surface area contributed by atoms with Crippen molar-refractivity contribution in [2.24, 2.45) is 0 Å². The minimum Gasteiger partial charge on any atom is -0.308 e. The van der Waals surface area contributed by atoms with Crippen molar-refractivity contribution in [3.05, 3.63) is 40.4 Å². The Bertz CT molecular complexity index is 1020. The topological polar surface area (TPSA) is 94.6 Å². The molecular formula is C16H18F3N5O3S2. The van der Waals surface area contributed by atoms with Crippen molar-refractivity contribution in [1.82, 2.24) is 13.6 Å². The van der Waals surface area contributed by atoms with Crippen LogP contribution in [0.5, 0.6) is 0 Å². The molecule has 0 radical (unpaired) electrons. The van der Waals surface area contributed by atoms with Crippen LogP contribution >= 0.6 is 11.3 Å². The molecule has 13 heteroatoms. The fraction of sp³-hybridized carbons (Fsp3) is 0.375. The van der Waals surface area contributed by atoms with Crippen molar-refractivity contribution >= 4 is 38.4 Å². The number of fused-ring (bicyclic) bond motifs is 1. The monoisotopic (exact) mass is 449 g/mol. The molecule has 2 aromatic rings. The summed E-state index contributed by atoms with van der Waals surface area (Å²) in [6.07, 6.45) is -4.11. The second-order valence-corrected chi connectivity index (χ2v) is 9.65. The van der Waals surface area contributed by atoms with Gasteiger partial charge in [-0.2, -0.15) is 30.2 Å². The van der Waals surface area contributed by atoms with Gasteiger partial charge in [0.2, 0.25) is 0 Å². The predicted octanol–water partition coefficient (Wildman–Crippen LogP) is 2.97. The van der Waals surface area contributed by atoms with Gasteiger partial charge >= 0.3 is 12.2 Å². The van der Waals surface area contributed by atoms with E-state index in [2.05, 4.69) is 15.6 Å². The Morgan fingerprint density at radius 2 is 2.00 bits per heavy atom. The summed E-state index contributed by atoms with van der Waals surface area (Å²) in [7, 11) is -0.665. The summed E-state index contributed by atoms with van der Waals surface area (Å²) in [6, 6.07) is 3.53. The maximum Gasteiger partial charge on any atom is 0.416 e. The van der Waals surface area contributed by atoms with Crippen LogP contribution in [-0.2, 0) is 29.4 Å². The number of anilines is 2. The number of thiazole rings is 1. The van der Waals surface area contributed by atoms with Crippen LogP contribution < -0.4 is 10.6 Å². The number of alkyl halides is 3. The Labute approximate surface area is 169 Å². The van der Waals surface area contributed by atoms with Gasteiger partial charge in [0.1, 0.15) is 0 Å². The van der Waals surface area contributed by atoms with Gasteiger partial charge in [-0.15, -0.1) is 0 Å². The lowest BCUT2D eigenvalue weighted by Gasteiger charge is -2.27. The minimum atomic E-state index is -4.51. The number of benzene rings is 1. The number of halogens is 3. The number of carbonyl (C=O) groups excluding carboxylic acids is 1. The van der Waals surface area contributed by atoms with Crippen LogP contribution in [0.1, 0.15) is 16.1 Å². The Morgan fingerprint density at radius 3 is 2.66 bits per heavy atom. The molecule has 8 nitrogen and oxygen atoms in total. The molecule has 1 aromatic heterocycles. The molecule has 0 spiro atoms. The average molecular weight is 449 g/mol. The maximum absolute atomic E-state index is 12.8. The number of hydrogen-bond donors (Lipinski definition) is 2. The summed E-state index contributed by atoms with van der Waals surface area (Å²) in [5, 5.41) is 5.05. The SMILES string of the molecule is CN(C)S(=O)(=O)N1CCc2nc(NC(=O)Nc3cccc(C(F)(F)F)c3)sc2C1. The number of nitrogens with zero attached hydrogens (tertiary/aromatic N) is 3. The van der Waals surface area contributed by atoms with Crippen LogP contribution in [0.2, 0.25) is 0 Å². The molecule has 0 fully saturated rings. The molecule has 0 aliphatic carbocycles. The fourth-order valence-corrected chi connectivity index (χ4v) is 4.86. The molecule has 0 bridgehead atoms. The van der Waals surface area contributed by atoms with Gasteiger partial charge in [0.15, 0.2) is 5.13 Å². The van der Waals surface area contributed by atoms with E-state index in [1.54, 1.807) is 0 Å². The summed E-state index contributed by atoms with van der Waals surface area (Å²) < 4.78 is 65.2. The normalized spacial score (nSPS) is 15.2. The first-order valence-electron chi connectivity index (χ1n) is 8.38. The number of carbonyl (C=O) groups is 1. The van der Waals surface area contributed by atoms with Crippen LogP contribution in [0.15, 0.2) is 24.3 Å². The highest BCUT2D eigenvalue weighted by Gasteiger charge is 2.31. The lowest BCUT2D eigenvalue weighted by Crippen LogP contribution is -2.42. The summed E-state index contributed by atoms with van der Waals surface area (Å²) in [5.74, 6) is 0. The van der Waals surface area contributed by atoms with Gasteiger partial charge in [0.05, 0.1) is 17.8 Å². The Morgan fingerprint density at radius 1 is 1.28 bits per heavy atom. The highest BCUT2D eigenvalue weighted by Crippen LogP contribution is 2.31. The Hall–Kier alpha value is -2.22. The van der Waals surface area contributed by atoms with Crippen molar-refractivity contribution in [1.29, 1.82) is 0 Å². The molecule has 3 rings (SSSR count). The zero-order valence-corrected chi connectivity index (χ0v) is 17.1. The summed E-state index contributed by atoms with van der Waals surface area (Å²) >= 11 is 1.13. The second kappa shape index (κ2) is 7.89. The first kappa shape index (κ1) is 21.5. The van der Waals surface area contributed by atoms with Gasteiger partial charge in [0.25, 0.3) is 10.2 Å². The molecule has 2 heterocycles. The molecule has 29 heavy (non-hydrogen) atoms. The third-order valence-electron chi connectivity index (χ3n) is 4.15. The zero-order valence-electron chi connectivity index (χ0n) is 15.4. The van der Waals surface area contributed by atoms with Crippen LogP contribution in [0.4, 0.5) is 28.8 Å². The molecule has 0 saturated carbocycles. The number of urea groups is 1. The van der Waals surface area contributed by atoms with Crippen molar-refractivity contribution in [3.63, 3.8) is 0 Å². The van der Waals surface area contributed by atoms with E-state index in [0.717, 1.165) is 27.8 Å². The van der Waals surface area contributed by atoms with E-state index in [1.165, 1.54) is 30.5 Å². The predicted molar refractivity (Wildman–Crippen MR) is 103 cm³/mol. The van der Waals surface area contributed by atoms with E-state index < -0.39 is 28.0 Å². The maximum atomic E-state index is 12.8. The number of nitrogens with one attached hydrogen (secondary N) is 2. The smallest absolute Gasteiger partial charge is 0.308 e. The van der Waals surface area contributed by atoms with E-state index in [0.29, 0.717) is 17.0 Å². The van der Waals surface area contributed by atoms with Crippen molar-refractivity contribution in [2.75, 3.05) is 31.3 Å². The van der Waals surface area contributed by atoms with E-state index in [1.807, 2.05) is 0 Å². The molecule has 1 aliphatic rings. The van der Waals surface area contributed by atoms with E-state index >= 15 is 0 Å². The Balaban J connectivity index is 1.67. The first-order chi connectivity index (χ1) is 13.5. The molecule has 1 aliphatic heterocycles. The zero-order chi connectivity index (χ0) is 21.4. The molecule has 2 amide bonds. The van der Waals surface area contributed by atoms with Crippen molar-refractivity contribution in [3.8, 4) is 0 Å². The lowest BCUT2D eigenvalue weighted by molar-refractivity contribution is -0.137. The number of amides is 2. The number of hydrogen-bond acceptors (Lipinski definition) is 5. The molecule has 1 aromatic carbocycles. The number of rotatable bonds is 4. The molecule has 158 valence electrons. The summed E-state index contributed by atoms with van der Waals surface area (Å²) in [4.78, 5) is 17.1. The third kappa shape index (κ3) is 4.86. The highest BCUT2D eigenvalue weighted by molar-refractivity contribution is 7.86. The molecule has 0 saturated heterocycles. The van der Waals surface area contributed by atoms with Gasteiger partial charge in [0, 0.05) is 37.6 Å². The van der Waals surface area contributed by atoms with Gasteiger partial charge in [-0.1, -0.05) is 17.4 Å². The lowest BCUT2D eigenvalue weighted by atomic mass is 10.2. The van der Waals surface area contributed by atoms with Crippen molar-refractivity contribution in [2.45, 2.75) is 19.1 Å². The van der Waals surface area contributed by atoms with Gasteiger partial charge in [-0.3, -0.25) is 5.32 Å². The van der Waals surface area contributed by atoms with E-state index in [-0.39, 0.29) is 23.9 Å². The van der Waals surface area contributed by atoms with E-state index in [4.69, 9.17) is 0 Å². The van der Waals surface area contributed by atoms with Gasteiger partial charge < -0.3 is 5.32 Å². The molecular weight excluding hydrogens is 431 g/mol. The first-order valence-corrected chi connectivity index (χ1v) is 10.6. The molecule has 0 atom stereocenters. The van der Waals surface area contributed by atoms with Crippen LogP contribution in [0, 0.1) is 0 Å². The minimum absolute atomic E-state index is 0.0121. The van der Waals surface area contributed by atoms with Crippen LogP contribution in [0.25, 0.3) is 0 Å². The van der Waals surface area contributed by atoms with Crippen molar-refractivity contribution < 1.29 is 26.4 Å². The van der Waals surface area contributed by atoms with Gasteiger partial charge in [-0.25, -0.2) is 9.78 Å². The standard InChI is InChI=1S/C16H18F3N5O3S2/c1-23(2)29(26,27)24-7-6-12-13(9-24)28-15(21-12)22-14(25)20-11-5-3-4-10(8-11)16(17,18)19/h3-5,8H,6-7,9H2,1-2H3,(H2,20,21,22,25). The average Bonchev–Trinajstić information content (AvgIpc) is 3.02. The molecule has 0 unspecified atom stereocenters. The largest absolute Gasteiger partial charge is 0.416 e. The highest BCUT2D eigenvalue weighted by atomic mass is 32.2. The summed E-state index contributed by atoms with van der Waals surface area (Å²) in [6.45, 7) is 0.414. The fourth-order valence-electron chi connectivity index (χ4n) is 2.69. The van der Waals surface area contributed by atoms with Crippen LogP contribution in [0.3, 0.4) is 0 Å². The summed E-state index contributed by atoms with van der Waals surface area (Å²) in [5.41, 5.74) is -0.196. The quantitative estimate of drug-likeness (QED) is 0.750. The third-order valence-corrected chi connectivity index (χ3v) is 7.04. The Kier molecular flexibility index (Phi) is 5.85. The van der Waals surface area contributed by atoms with Crippen LogP contribution in [-0.4, -0.2) is 48.7 Å². The second-order valence-electron chi connectivity index (χ2n) is 6.42. The van der Waals surface area contributed by atoms with Gasteiger partial charge in [-0.05, 0) is 18.2 Å². The molecule has 2 N–H and O–H groups in total. The van der Waals surface area contributed by atoms with E-state index in [9.17, 15) is 26.4 Å².